The average molecular weight is 350 g/mol. The Balaban J connectivity index is 2.19. The van der Waals surface area contributed by atoms with Gasteiger partial charge in [-0.15, -0.1) is 0 Å². The zero-order valence-electron chi connectivity index (χ0n) is 14.9. The molecule has 1 aromatic carbocycles. The Bertz CT molecular complexity index is 751. The van der Waals surface area contributed by atoms with Crippen LogP contribution in [-0.4, -0.2) is 18.2 Å². The van der Waals surface area contributed by atoms with Gasteiger partial charge in [0.05, 0.1) is 6.20 Å². The SMILES string of the molecule is CCC(C)c1ccc(C(CC)NS(=O)(=O)c2cnn(CC)c2)cc1. The van der Waals surface area contributed by atoms with Crippen molar-refractivity contribution in [2.24, 2.45) is 0 Å². The molecule has 0 radical (unpaired) electrons. The van der Waals surface area contributed by atoms with Gasteiger partial charge in [0.2, 0.25) is 10.0 Å². The summed E-state index contributed by atoms with van der Waals surface area (Å²) < 4.78 is 29.5. The second kappa shape index (κ2) is 7.94. The fourth-order valence-electron chi connectivity index (χ4n) is 2.59. The fourth-order valence-corrected chi connectivity index (χ4v) is 3.85. The molecule has 5 nitrogen and oxygen atoms in total. The van der Waals surface area contributed by atoms with Crippen molar-refractivity contribution >= 4 is 10.0 Å². The van der Waals surface area contributed by atoms with Crippen LogP contribution in [0.5, 0.6) is 0 Å². The van der Waals surface area contributed by atoms with Crippen LogP contribution in [0.3, 0.4) is 0 Å². The zero-order valence-corrected chi connectivity index (χ0v) is 15.7. The monoisotopic (exact) mass is 349 g/mol. The Morgan fingerprint density at radius 2 is 1.71 bits per heavy atom. The van der Waals surface area contributed by atoms with Crippen molar-refractivity contribution in [2.45, 2.75) is 63.9 Å². The van der Waals surface area contributed by atoms with E-state index in [0.717, 1.165) is 12.0 Å². The van der Waals surface area contributed by atoms with E-state index < -0.39 is 10.0 Å². The van der Waals surface area contributed by atoms with Gasteiger partial charge in [0.25, 0.3) is 0 Å². The van der Waals surface area contributed by atoms with E-state index in [1.54, 1.807) is 10.9 Å². The lowest BCUT2D eigenvalue weighted by Gasteiger charge is -2.18. The van der Waals surface area contributed by atoms with Crippen molar-refractivity contribution < 1.29 is 8.42 Å². The highest BCUT2D eigenvalue weighted by Crippen LogP contribution is 2.24. The number of aromatic nitrogens is 2. The van der Waals surface area contributed by atoms with E-state index in [2.05, 4.69) is 35.8 Å². The smallest absolute Gasteiger partial charge is 0.244 e. The Labute approximate surface area is 145 Å². The van der Waals surface area contributed by atoms with Crippen LogP contribution in [0.15, 0.2) is 41.6 Å². The molecule has 1 heterocycles. The van der Waals surface area contributed by atoms with E-state index in [1.807, 2.05) is 26.0 Å². The number of hydrogen-bond acceptors (Lipinski definition) is 3. The Kier molecular flexibility index (Phi) is 6.18. The Morgan fingerprint density at radius 1 is 1.08 bits per heavy atom. The van der Waals surface area contributed by atoms with Crippen molar-refractivity contribution in [2.75, 3.05) is 0 Å². The lowest BCUT2D eigenvalue weighted by atomic mass is 9.96. The molecule has 2 atom stereocenters. The zero-order chi connectivity index (χ0) is 17.7. The van der Waals surface area contributed by atoms with E-state index in [9.17, 15) is 8.42 Å². The molecule has 1 N–H and O–H groups in total. The number of nitrogens with one attached hydrogen (secondary N) is 1. The van der Waals surface area contributed by atoms with Crippen LogP contribution in [0.2, 0.25) is 0 Å². The fraction of sp³-hybridized carbons (Fsp3) is 0.500. The molecular formula is C18H27N3O2S. The van der Waals surface area contributed by atoms with Gasteiger partial charge in [-0.05, 0) is 36.8 Å². The standard InChI is InChI=1S/C18H27N3O2S/c1-5-14(4)15-8-10-16(11-9-15)18(6-2)20-24(22,23)17-12-19-21(7-3)13-17/h8-14,18,20H,5-7H2,1-4H3. The first-order valence-electron chi connectivity index (χ1n) is 8.55. The van der Waals surface area contributed by atoms with Crippen LogP contribution in [-0.2, 0) is 16.6 Å². The van der Waals surface area contributed by atoms with E-state index in [4.69, 9.17) is 0 Å². The van der Waals surface area contributed by atoms with Crippen molar-refractivity contribution in [3.05, 3.63) is 47.8 Å². The average Bonchev–Trinajstić information content (AvgIpc) is 3.09. The van der Waals surface area contributed by atoms with Gasteiger partial charge in [0, 0.05) is 18.8 Å². The van der Waals surface area contributed by atoms with Crippen LogP contribution in [0.25, 0.3) is 0 Å². The van der Waals surface area contributed by atoms with Gasteiger partial charge in [0.1, 0.15) is 4.90 Å². The van der Waals surface area contributed by atoms with Gasteiger partial charge in [-0.2, -0.15) is 5.10 Å². The summed E-state index contributed by atoms with van der Waals surface area (Å²) in [5.41, 5.74) is 2.26. The predicted octanol–water partition coefficient (Wildman–Crippen LogP) is 3.85. The molecular weight excluding hydrogens is 322 g/mol. The van der Waals surface area contributed by atoms with E-state index in [-0.39, 0.29) is 10.9 Å². The van der Waals surface area contributed by atoms with Crippen molar-refractivity contribution in [3.63, 3.8) is 0 Å². The first-order chi connectivity index (χ1) is 11.4. The Morgan fingerprint density at radius 3 is 2.21 bits per heavy atom. The molecule has 0 aliphatic carbocycles. The number of hydrogen-bond donors (Lipinski definition) is 1. The van der Waals surface area contributed by atoms with Crippen molar-refractivity contribution in [1.82, 2.24) is 14.5 Å². The van der Waals surface area contributed by atoms with Crippen LogP contribution < -0.4 is 4.72 Å². The predicted molar refractivity (Wildman–Crippen MR) is 96.4 cm³/mol. The minimum atomic E-state index is -3.57. The third-order valence-electron chi connectivity index (χ3n) is 4.47. The van der Waals surface area contributed by atoms with E-state index >= 15 is 0 Å². The summed E-state index contributed by atoms with van der Waals surface area (Å²) in [6, 6.07) is 7.98. The normalized spacial score (nSPS) is 14.5. The first-order valence-corrected chi connectivity index (χ1v) is 10.0. The summed E-state index contributed by atoms with van der Waals surface area (Å²) >= 11 is 0. The first kappa shape index (κ1) is 18.7. The number of benzene rings is 1. The third-order valence-corrected chi connectivity index (χ3v) is 5.90. The van der Waals surface area contributed by atoms with Gasteiger partial charge >= 0.3 is 0 Å². The summed E-state index contributed by atoms with van der Waals surface area (Å²) in [6.07, 6.45) is 4.72. The molecule has 24 heavy (non-hydrogen) atoms. The van der Waals surface area contributed by atoms with E-state index in [1.165, 1.54) is 11.8 Å². The molecule has 1 aromatic heterocycles. The molecule has 0 saturated heterocycles. The molecule has 0 amide bonds. The molecule has 6 heteroatoms. The summed E-state index contributed by atoms with van der Waals surface area (Å²) in [7, 11) is -3.57. The molecule has 2 rings (SSSR count). The third kappa shape index (κ3) is 4.24. The number of sulfonamides is 1. The van der Waals surface area contributed by atoms with Gasteiger partial charge in [0.15, 0.2) is 0 Å². The maximum Gasteiger partial charge on any atom is 0.244 e. The Hall–Kier alpha value is -1.66. The summed E-state index contributed by atoms with van der Waals surface area (Å²) in [4.78, 5) is 0.207. The second-order valence-electron chi connectivity index (χ2n) is 6.09. The molecule has 2 aromatic rings. The largest absolute Gasteiger partial charge is 0.272 e. The van der Waals surface area contributed by atoms with Crippen LogP contribution in [0.4, 0.5) is 0 Å². The number of aryl methyl sites for hydroxylation is 1. The lowest BCUT2D eigenvalue weighted by molar-refractivity contribution is 0.549. The highest BCUT2D eigenvalue weighted by Gasteiger charge is 2.22. The minimum Gasteiger partial charge on any atom is -0.272 e. The maximum atomic E-state index is 12.6. The number of nitrogens with zero attached hydrogens (tertiary/aromatic N) is 2. The quantitative estimate of drug-likeness (QED) is 0.787. The second-order valence-corrected chi connectivity index (χ2v) is 7.80. The molecule has 0 saturated carbocycles. The molecule has 2 unspecified atom stereocenters. The molecule has 0 fully saturated rings. The lowest BCUT2D eigenvalue weighted by Crippen LogP contribution is -2.28. The van der Waals surface area contributed by atoms with Crippen LogP contribution in [0.1, 0.15) is 63.6 Å². The maximum absolute atomic E-state index is 12.6. The molecule has 0 aliphatic heterocycles. The molecule has 0 bridgehead atoms. The highest BCUT2D eigenvalue weighted by atomic mass is 32.2. The van der Waals surface area contributed by atoms with Crippen molar-refractivity contribution in [1.29, 1.82) is 0 Å². The van der Waals surface area contributed by atoms with E-state index in [0.29, 0.717) is 18.9 Å². The summed E-state index contributed by atoms with van der Waals surface area (Å²) in [6.45, 7) is 8.90. The molecule has 0 aliphatic rings. The number of rotatable bonds is 8. The topological polar surface area (TPSA) is 64.0 Å². The summed E-state index contributed by atoms with van der Waals surface area (Å²) in [5, 5.41) is 4.04. The van der Waals surface area contributed by atoms with Gasteiger partial charge in [-0.25, -0.2) is 13.1 Å². The van der Waals surface area contributed by atoms with Crippen LogP contribution >= 0.6 is 0 Å². The van der Waals surface area contributed by atoms with Gasteiger partial charge in [-0.3, -0.25) is 4.68 Å². The van der Waals surface area contributed by atoms with Crippen LogP contribution in [0, 0.1) is 0 Å². The van der Waals surface area contributed by atoms with Crippen molar-refractivity contribution in [3.8, 4) is 0 Å². The summed E-state index contributed by atoms with van der Waals surface area (Å²) in [5.74, 6) is 0.510. The minimum absolute atomic E-state index is 0.207. The van der Waals surface area contributed by atoms with Gasteiger partial charge < -0.3 is 0 Å². The van der Waals surface area contributed by atoms with Gasteiger partial charge in [-0.1, -0.05) is 45.0 Å². The molecule has 0 spiro atoms. The molecule has 132 valence electrons. The highest BCUT2D eigenvalue weighted by molar-refractivity contribution is 7.89.